The van der Waals surface area contributed by atoms with Gasteiger partial charge in [0.05, 0.1) is 17.9 Å². The van der Waals surface area contributed by atoms with E-state index < -0.39 is 11.9 Å². The molecule has 1 aromatic rings. The maximum atomic E-state index is 10.9. The summed E-state index contributed by atoms with van der Waals surface area (Å²) in [5.41, 5.74) is 0.878. The summed E-state index contributed by atoms with van der Waals surface area (Å²) in [5, 5.41) is 8.92. The molecule has 1 atom stereocenters. The fourth-order valence-electron chi connectivity index (χ4n) is 1.73. The van der Waals surface area contributed by atoms with E-state index in [-0.39, 0.29) is 0 Å². The Labute approximate surface area is 104 Å². The molecular formula is C12H14O4S. The Morgan fingerprint density at radius 1 is 1.65 bits per heavy atom. The van der Waals surface area contributed by atoms with E-state index in [1.54, 1.807) is 25.8 Å². The molecule has 1 heterocycles. The van der Waals surface area contributed by atoms with Crippen molar-refractivity contribution in [1.29, 1.82) is 0 Å². The first-order valence-corrected chi connectivity index (χ1v) is 6.29. The van der Waals surface area contributed by atoms with Crippen LogP contribution in [0, 0.1) is 5.92 Å². The number of carboxylic acids is 1. The van der Waals surface area contributed by atoms with Crippen molar-refractivity contribution in [3.8, 4) is 11.5 Å². The van der Waals surface area contributed by atoms with E-state index in [0.29, 0.717) is 12.4 Å². The summed E-state index contributed by atoms with van der Waals surface area (Å²) in [5.74, 6) is 0.924. The van der Waals surface area contributed by atoms with Crippen LogP contribution in [0.4, 0.5) is 0 Å². The molecule has 0 saturated heterocycles. The van der Waals surface area contributed by atoms with Gasteiger partial charge in [-0.15, -0.1) is 0 Å². The fraction of sp³-hybridized carbons (Fsp3) is 0.417. The highest BCUT2D eigenvalue weighted by molar-refractivity contribution is 7.99. The van der Waals surface area contributed by atoms with Gasteiger partial charge in [0.1, 0.15) is 17.4 Å². The molecule has 4 nitrogen and oxygen atoms in total. The number of fused-ring (bicyclic) bond motifs is 1. The molecule has 1 aromatic carbocycles. The average Bonchev–Trinajstić information content (AvgIpc) is 2.74. The van der Waals surface area contributed by atoms with Gasteiger partial charge in [0.25, 0.3) is 0 Å². The third-order valence-corrected chi connectivity index (χ3v) is 3.59. The van der Waals surface area contributed by atoms with Crippen molar-refractivity contribution in [3.63, 3.8) is 0 Å². The van der Waals surface area contributed by atoms with Gasteiger partial charge in [-0.25, -0.2) is 0 Å². The number of benzene rings is 1. The molecule has 17 heavy (non-hydrogen) atoms. The Hall–Kier alpha value is -1.36. The minimum Gasteiger partial charge on any atom is -0.496 e. The van der Waals surface area contributed by atoms with Gasteiger partial charge in [-0.1, -0.05) is 18.7 Å². The lowest BCUT2D eigenvalue weighted by Gasteiger charge is -2.12. The molecule has 0 spiro atoms. The monoisotopic (exact) mass is 254 g/mol. The van der Waals surface area contributed by atoms with Crippen molar-refractivity contribution in [2.75, 3.05) is 13.0 Å². The molecule has 1 N–H and O–H groups in total. The quantitative estimate of drug-likeness (QED) is 0.894. The zero-order valence-corrected chi connectivity index (χ0v) is 10.5. The van der Waals surface area contributed by atoms with Crippen LogP contribution in [-0.2, 0) is 11.2 Å². The highest BCUT2D eigenvalue weighted by Crippen LogP contribution is 2.41. The van der Waals surface area contributed by atoms with Crippen LogP contribution < -0.4 is 9.47 Å². The second-order valence-corrected chi connectivity index (χ2v) is 4.92. The number of carbonyl (C=O) groups is 1. The van der Waals surface area contributed by atoms with E-state index in [9.17, 15) is 4.79 Å². The van der Waals surface area contributed by atoms with E-state index in [2.05, 4.69) is 0 Å². The van der Waals surface area contributed by atoms with E-state index in [1.165, 1.54) is 0 Å². The molecule has 1 unspecified atom stereocenters. The Bertz CT molecular complexity index is 444. The van der Waals surface area contributed by atoms with Gasteiger partial charge in [0.15, 0.2) is 0 Å². The highest BCUT2D eigenvalue weighted by Gasteiger charge is 2.20. The molecule has 5 heteroatoms. The van der Waals surface area contributed by atoms with Gasteiger partial charge in [-0.2, -0.15) is 0 Å². The zero-order valence-electron chi connectivity index (χ0n) is 9.73. The van der Waals surface area contributed by atoms with Crippen LogP contribution >= 0.6 is 11.8 Å². The number of methoxy groups -OCH3 is 1. The summed E-state index contributed by atoms with van der Waals surface area (Å²) in [7, 11) is 1.59. The smallest absolute Gasteiger partial charge is 0.306 e. The normalized spacial score (nSPS) is 14.9. The van der Waals surface area contributed by atoms with E-state index in [0.717, 1.165) is 22.0 Å². The molecular weight excluding hydrogens is 240 g/mol. The van der Waals surface area contributed by atoms with E-state index in [1.807, 2.05) is 12.1 Å². The first-order valence-electron chi connectivity index (χ1n) is 5.31. The summed E-state index contributed by atoms with van der Waals surface area (Å²) < 4.78 is 10.7. The lowest BCUT2D eigenvalue weighted by Crippen LogP contribution is -2.12. The summed E-state index contributed by atoms with van der Waals surface area (Å²) in [4.78, 5) is 11.9. The molecule has 0 fully saturated rings. The Balaban J connectivity index is 2.29. The van der Waals surface area contributed by atoms with Crippen LogP contribution in [0.25, 0.3) is 0 Å². The lowest BCUT2D eigenvalue weighted by atomic mass is 10.0. The maximum absolute atomic E-state index is 10.9. The standard InChI is InChI=1S/C12H14O4S/c1-7(12(13)14)3-8-4-10-11(17-6-16-10)5-9(8)15-2/h4-5,7H,3,6H2,1-2H3,(H,13,14). The highest BCUT2D eigenvalue weighted by atomic mass is 32.2. The third-order valence-electron chi connectivity index (χ3n) is 2.72. The third kappa shape index (κ3) is 2.49. The lowest BCUT2D eigenvalue weighted by molar-refractivity contribution is -0.141. The first kappa shape index (κ1) is 12.1. The molecule has 1 aliphatic rings. The van der Waals surface area contributed by atoms with Crippen LogP contribution in [0.15, 0.2) is 17.0 Å². The summed E-state index contributed by atoms with van der Waals surface area (Å²) in [6.45, 7) is 1.69. The number of aliphatic carboxylic acids is 1. The van der Waals surface area contributed by atoms with Gasteiger partial charge in [-0.3, -0.25) is 4.79 Å². The predicted molar refractivity (Wildman–Crippen MR) is 64.8 cm³/mol. The SMILES string of the molecule is COc1cc2c(cc1CC(C)C(=O)O)OCS2. The van der Waals surface area contributed by atoms with Crippen LogP contribution in [0.2, 0.25) is 0 Å². The molecule has 0 aliphatic carbocycles. The van der Waals surface area contributed by atoms with Crippen LogP contribution in [0.1, 0.15) is 12.5 Å². The fourth-order valence-corrected chi connectivity index (χ4v) is 2.50. The molecule has 2 rings (SSSR count). The van der Waals surface area contributed by atoms with Gasteiger partial charge >= 0.3 is 5.97 Å². The number of carboxylic acid groups (broad SMARTS) is 1. The van der Waals surface area contributed by atoms with Crippen molar-refractivity contribution in [1.82, 2.24) is 0 Å². The average molecular weight is 254 g/mol. The minimum atomic E-state index is -0.803. The zero-order chi connectivity index (χ0) is 12.4. The second kappa shape index (κ2) is 4.87. The summed E-state index contributed by atoms with van der Waals surface area (Å²) >= 11 is 1.61. The largest absolute Gasteiger partial charge is 0.496 e. The van der Waals surface area contributed by atoms with Gasteiger partial charge < -0.3 is 14.6 Å². The molecule has 0 radical (unpaired) electrons. The van der Waals surface area contributed by atoms with Crippen molar-refractivity contribution in [2.24, 2.45) is 5.92 Å². The summed E-state index contributed by atoms with van der Waals surface area (Å²) in [6, 6.07) is 3.80. The first-order chi connectivity index (χ1) is 8.11. The maximum Gasteiger partial charge on any atom is 0.306 e. The van der Waals surface area contributed by atoms with Crippen LogP contribution in [0.3, 0.4) is 0 Å². The number of thioether (sulfide) groups is 1. The van der Waals surface area contributed by atoms with Gasteiger partial charge in [0, 0.05) is 0 Å². The van der Waals surface area contributed by atoms with Crippen molar-refractivity contribution in [2.45, 2.75) is 18.2 Å². The Kier molecular flexibility index (Phi) is 3.47. The van der Waals surface area contributed by atoms with E-state index >= 15 is 0 Å². The van der Waals surface area contributed by atoms with Crippen molar-refractivity contribution in [3.05, 3.63) is 17.7 Å². The molecule has 0 saturated carbocycles. The Morgan fingerprint density at radius 2 is 2.41 bits per heavy atom. The van der Waals surface area contributed by atoms with Crippen LogP contribution in [-0.4, -0.2) is 24.1 Å². The number of hydrogen-bond donors (Lipinski definition) is 1. The molecule has 0 amide bonds. The predicted octanol–water partition coefficient (Wildman–Crippen LogP) is 2.40. The van der Waals surface area contributed by atoms with Crippen molar-refractivity contribution < 1.29 is 19.4 Å². The number of ether oxygens (including phenoxy) is 2. The van der Waals surface area contributed by atoms with Gasteiger partial charge in [0.2, 0.25) is 0 Å². The number of rotatable bonds is 4. The Morgan fingerprint density at radius 3 is 3.06 bits per heavy atom. The molecule has 92 valence electrons. The van der Waals surface area contributed by atoms with Gasteiger partial charge in [-0.05, 0) is 24.1 Å². The van der Waals surface area contributed by atoms with Crippen LogP contribution in [0.5, 0.6) is 11.5 Å². The van der Waals surface area contributed by atoms with Crippen molar-refractivity contribution >= 4 is 17.7 Å². The topological polar surface area (TPSA) is 55.8 Å². The second-order valence-electron chi connectivity index (χ2n) is 3.96. The molecule has 0 bridgehead atoms. The summed E-state index contributed by atoms with van der Waals surface area (Å²) in [6.07, 6.45) is 0.444. The minimum absolute atomic E-state index is 0.434. The molecule has 1 aliphatic heterocycles. The van der Waals surface area contributed by atoms with E-state index in [4.69, 9.17) is 14.6 Å². The number of hydrogen-bond acceptors (Lipinski definition) is 4. The molecule has 0 aromatic heterocycles.